The standard InChI is InChI=1S/C18H24N6OS3/c1-23(2)12-15-6-7-16(27-15)13-26-10-9-20-17-18(22-28(25)21-17)24(3)14-5-4-8-19-11-14/h4-8,11H,9-10,12-13H2,1-3H3,(H,20,21). The minimum atomic E-state index is -1.48. The Morgan fingerprint density at radius 1 is 1.25 bits per heavy atom. The zero-order chi connectivity index (χ0) is 19.9. The van der Waals surface area contributed by atoms with E-state index in [1.807, 2.05) is 47.2 Å². The first-order chi connectivity index (χ1) is 13.5. The van der Waals surface area contributed by atoms with Gasteiger partial charge < -0.3 is 14.4 Å². The van der Waals surface area contributed by atoms with Crippen LogP contribution < -0.4 is 10.4 Å². The first-order valence-corrected chi connectivity index (χ1v) is 11.9. The molecule has 3 aromatic rings. The van der Waals surface area contributed by atoms with Crippen LogP contribution in [0.3, 0.4) is 0 Å². The van der Waals surface area contributed by atoms with Gasteiger partial charge in [-0.2, -0.15) is 11.8 Å². The summed E-state index contributed by atoms with van der Waals surface area (Å²) in [5, 5.41) is 0. The molecule has 10 heteroatoms. The van der Waals surface area contributed by atoms with E-state index < -0.39 is 11.1 Å². The van der Waals surface area contributed by atoms with Gasteiger partial charge in [-0.15, -0.1) is 15.7 Å². The second-order valence-electron chi connectivity index (χ2n) is 6.43. The van der Waals surface area contributed by atoms with Crippen molar-refractivity contribution in [1.82, 2.24) is 18.6 Å². The number of rotatable bonds is 9. The maximum absolute atomic E-state index is 11.8. The van der Waals surface area contributed by atoms with E-state index in [1.54, 1.807) is 12.4 Å². The lowest BCUT2D eigenvalue weighted by Gasteiger charge is -2.13. The number of hydrogen-bond donors (Lipinski definition) is 1. The Morgan fingerprint density at radius 2 is 2.07 bits per heavy atom. The molecule has 7 nitrogen and oxygen atoms in total. The number of hydrogen-bond acceptors (Lipinski definition) is 8. The molecular formula is C18H24N6OS3. The minimum absolute atomic E-state index is 0.565. The third-order valence-electron chi connectivity index (χ3n) is 3.86. The average molecular weight is 437 g/mol. The molecule has 3 heterocycles. The molecule has 1 atom stereocenters. The van der Waals surface area contributed by atoms with E-state index in [4.69, 9.17) is 0 Å². The Morgan fingerprint density at radius 3 is 2.82 bits per heavy atom. The molecule has 0 fully saturated rings. The molecule has 0 bridgehead atoms. The molecule has 0 aliphatic carbocycles. The molecule has 0 saturated carbocycles. The maximum atomic E-state index is 11.8. The predicted molar refractivity (Wildman–Crippen MR) is 118 cm³/mol. The number of pyridine rings is 1. The van der Waals surface area contributed by atoms with Crippen LogP contribution in [-0.2, 0) is 12.3 Å². The summed E-state index contributed by atoms with van der Waals surface area (Å²) in [4.78, 5) is 15.5. The lowest BCUT2D eigenvalue weighted by Crippen LogP contribution is -2.19. The summed E-state index contributed by atoms with van der Waals surface area (Å²) in [6, 6.07) is 8.19. The molecule has 3 aromatic heterocycles. The second kappa shape index (κ2) is 10.2. The SMILES string of the molecule is CN(C)Cc1ccc(CSCCN=c2[nH][s+]([O-])nc2N(C)c2cccnc2)s1. The molecular weight excluding hydrogens is 412 g/mol. The molecule has 0 amide bonds. The largest absolute Gasteiger partial charge is 0.548 e. The highest BCUT2D eigenvalue weighted by atomic mass is 32.2. The quantitative estimate of drug-likeness (QED) is 0.409. The van der Waals surface area contributed by atoms with Crippen molar-refractivity contribution >= 4 is 45.7 Å². The van der Waals surface area contributed by atoms with Crippen LogP contribution in [0.2, 0.25) is 0 Å². The lowest BCUT2D eigenvalue weighted by atomic mass is 10.4. The van der Waals surface area contributed by atoms with Crippen molar-refractivity contribution in [2.75, 3.05) is 38.3 Å². The van der Waals surface area contributed by atoms with Crippen molar-refractivity contribution in [1.29, 1.82) is 0 Å². The van der Waals surface area contributed by atoms with Gasteiger partial charge in [-0.1, -0.05) is 0 Å². The van der Waals surface area contributed by atoms with E-state index in [0.717, 1.165) is 23.7 Å². The first-order valence-electron chi connectivity index (χ1n) is 8.79. The monoisotopic (exact) mass is 436 g/mol. The van der Waals surface area contributed by atoms with Crippen LogP contribution in [0.25, 0.3) is 0 Å². The van der Waals surface area contributed by atoms with Crippen LogP contribution >= 0.6 is 34.2 Å². The summed E-state index contributed by atoms with van der Waals surface area (Å²) in [7, 11) is 6.04. The fourth-order valence-corrected chi connectivity index (χ4v) is 5.37. The number of thiophene rings is 1. The molecule has 150 valence electrons. The highest BCUT2D eigenvalue weighted by Gasteiger charge is 2.15. The number of nitrogens with zero attached hydrogens (tertiary/aromatic N) is 5. The van der Waals surface area contributed by atoms with Crippen LogP contribution in [0, 0.1) is 0 Å². The van der Waals surface area contributed by atoms with Crippen LogP contribution in [0.5, 0.6) is 0 Å². The van der Waals surface area contributed by atoms with Gasteiger partial charge in [0.15, 0.2) is 11.1 Å². The molecule has 1 N–H and O–H groups in total. The minimum Gasteiger partial charge on any atom is -0.548 e. The number of nitrogens with one attached hydrogen (secondary N) is 1. The van der Waals surface area contributed by atoms with Gasteiger partial charge in [-0.3, -0.25) is 9.98 Å². The zero-order valence-electron chi connectivity index (χ0n) is 16.2. The number of H-pyrrole nitrogens is 1. The van der Waals surface area contributed by atoms with Gasteiger partial charge >= 0.3 is 0 Å². The fourth-order valence-electron chi connectivity index (χ4n) is 2.56. The molecule has 0 radical (unpaired) electrons. The highest BCUT2D eigenvalue weighted by molar-refractivity contribution is 7.98. The third-order valence-corrected chi connectivity index (χ3v) is 6.80. The van der Waals surface area contributed by atoms with Crippen molar-refractivity contribution in [3.05, 3.63) is 51.9 Å². The van der Waals surface area contributed by atoms with E-state index >= 15 is 0 Å². The number of aromatic amines is 1. The molecule has 0 aliphatic heterocycles. The van der Waals surface area contributed by atoms with Crippen molar-refractivity contribution in [2.24, 2.45) is 4.99 Å². The van der Waals surface area contributed by atoms with Gasteiger partial charge in [-0.25, -0.2) is 0 Å². The molecule has 0 saturated heterocycles. The molecule has 1 unspecified atom stereocenters. The van der Waals surface area contributed by atoms with Crippen LogP contribution in [0.1, 0.15) is 9.75 Å². The molecule has 28 heavy (non-hydrogen) atoms. The molecule has 0 aromatic carbocycles. The number of anilines is 2. The van der Waals surface area contributed by atoms with E-state index in [1.165, 1.54) is 9.75 Å². The van der Waals surface area contributed by atoms with Crippen LogP contribution in [-0.4, -0.2) is 56.6 Å². The highest BCUT2D eigenvalue weighted by Crippen LogP contribution is 2.22. The van der Waals surface area contributed by atoms with Gasteiger partial charge in [0.2, 0.25) is 11.3 Å². The maximum Gasteiger partial charge on any atom is 0.238 e. The average Bonchev–Trinajstić information content (AvgIpc) is 3.27. The predicted octanol–water partition coefficient (Wildman–Crippen LogP) is 3.26. The van der Waals surface area contributed by atoms with Crippen molar-refractivity contribution in [2.45, 2.75) is 12.3 Å². The van der Waals surface area contributed by atoms with Crippen molar-refractivity contribution < 1.29 is 4.55 Å². The van der Waals surface area contributed by atoms with E-state index in [9.17, 15) is 4.55 Å². The van der Waals surface area contributed by atoms with Gasteiger partial charge in [0.25, 0.3) is 0 Å². The smallest absolute Gasteiger partial charge is 0.238 e. The molecule has 3 rings (SSSR count). The Bertz CT molecular complexity index is 934. The summed E-state index contributed by atoms with van der Waals surface area (Å²) in [5.41, 5.74) is 1.44. The summed E-state index contributed by atoms with van der Waals surface area (Å²) < 4.78 is 18.8. The summed E-state index contributed by atoms with van der Waals surface area (Å²) in [6.07, 6.45) is 3.45. The fraction of sp³-hybridized carbons (Fsp3) is 0.389. The van der Waals surface area contributed by atoms with Gasteiger partial charge in [0, 0.05) is 45.4 Å². The summed E-state index contributed by atoms with van der Waals surface area (Å²) in [6.45, 7) is 1.62. The second-order valence-corrected chi connectivity index (χ2v) is 9.67. The number of thioether (sulfide) groups is 1. The normalized spacial score (nSPS) is 12.8. The topological polar surface area (TPSA) is 83.5 Å². The zero-order valence-corrected chi connectivity index (χ0v) is 18.6. The van der Waals surface area contributed by atoms with Crippen LogP contribution in [0.15, 0.2) is 41.7 Å². The van der Waals surface area contributed by atoms with E-state index in [2.05, 4.69) is 49.9 Å². The van der Waals surface area contributed by atoms with Gasteiger partial charge in [0.1, 0.15) is 0 Å². The Labute approximate surface area is 176 Å². The van der Waals surface area contributed by atoms with Crippen molar-refractivity contribution in [3.8, 4) is 0 Å². The molecule has 0 aliphatic rings. The van der Waals surface area contributed by atoms with Crippen LogP contribution in [0.4, 0.5) is 11.5 Å². The van der Waals surface area contributed by atoms with E-state index in [0.29, 0.717) is 17.9 Å². The Balaban J connectivity index is 1.55. The van der Waals surface area contributed by atoms with Crippen molar-refractivity contribution in [3.63, 3.8) is 0 Å². The lowest BCUT2D eigenvalue weighted by molar-refractivity contribution is 0.406. The molecule has 0 spiro atoms. The first kappa shape index (κ1) is 21.0. The Kier molecular flexibility index (Phi) is 7.63. The third kappa shape index (κ3) is 5.89. The Hall–Kier alpha value is -1.72. The number of aromatic nitrogens is 3. The summed E-state index contributed by atoms with van der Waals surface area (Å²) in [5.74, 6) is 2.45. The van der Waals surface area contributed by atoms with Gasteiger partial charge in [-0.05, 0) is 38.4 Å². The van der Waals surface area contributed by atoms with E-state index in [-0.39, 0.29) is 0 Å². The summed E-state index contributed by atoms with van der Waals surface area (Å²) >= 11 is 2.23. The van der Waals surface area contributed by atoms with Gasteiger partial charge in [0.05, 0.1) is 18.4 Å².